The van der Waals surface area contributed by atoms with Gasteiger partial charge in [0.05, 0.1) is 0 Å². The summed E-state index contributed by atoms with van der Waals surface area (Å²) in [4.78, 5) is 0. The van der Waals surface area contributed by atoms with Crippen LogP contribution in [0.25, 0.3) is 0 Å². The van der Waals surface area contributed by atoms with Crippen LogP contribution < -0.4 is 10.6 Å². The Morgan fingerprint density at radius 2 is 1.79 bits per heavy atom. The molecule has 2 aromatic rings. The smallest absolute Gasteiger partial charge is 0.0340 e. The molecule has 0 aliphatic rings. The van der Waals surface area contributed by atoms with Gasteiger partial charge in [-0.25, -0.2) is 0 Å². The molecule has 0 aromatic heterocycles. The Labute approximate surface area is 115 Å². The van der Waals surface area contributed by atoms with Gasteiger partial charge in [-0.1, -0.05) is 35.9 Å². The van der Waals surface area contributed by atoms with Gasteiger partial charge in [0.15, 0.2) is 0 Å². The van der Waals surface area contributed by atoms with Crippen molar-refractivity contribution in [3.63, 3.8) is 0 Å². The lowest BCUT2D eigenvalue weighted by molar-refractivity contribution is 0.690. The highest BCUT2D eigenvalue weighted by molar-refractivity contribution is 5.45. The van der Waals surface area contributed by atoms with Crippen LogP contribution in [0.1, 0.15) is 22.3 Å². The molecule has 0 saturated heterocycles. The van der Waals surface area contributed by atoms with Gasteiger partial charge >= 0.3 is 0 Å². The maximum Gasteiger partial charge on any atom is 0.0340 e. The Bertz CT molecular complexity index is 547. The summed E-state index contributed by atoms with van der Waals surface area (Å²) in [5, 5.41) is 6.66. The molecule has 100 valence electrons. The highest BCUT2D eigenvalue weighted by atomic mass is 14.9. The predicted octanol–water partition coefficient (Wildman–Crippen LogP) is 3.63. The standard InChI is InChI=1S/C17H22N2/c1-13-7-8-16(14(2)9-13)12-19-11-15-5-4-6-17(10-15)18-3/h4-10,18-19H,11-12H2,1-3H3. The van der Waals surface area contributed by atoms with Gasteiger partial charge in [0, 0.05) is 25.8 Å². The molecule has 2 nitrogen and oxygen atoms in total. The Kier molecular flexibility index (Phi) is 4.58. The lowest BCUT2D eigenvalue weighted by Crippen LogP contribution is -2.13. The number of nitrogens with one attached hydrogen (secondary N) is 2. The number of hydrogen-bond acceptors (Lipinski definition) is 2. The van der Waals surface area contributed by atoms with E-state index < -0.39 is 0 Å². The largest absolute Gasteiger partial charge is 0.388 e. The summed E-state index contributed by atoms with van der Waals surface area (Å²) < 4.78 is 0. The molecule has 19 heavy (non-hydrogen) atoms. The summed E-state index contributed by atoms with van der Waals surface area (Å²) in [6.07, 6.45) is 0. The number of rotatable bonds is 5. The molecule has 2 heteroatoms. The fraction of sp³-hybridized carbons (Fsp3) is 0.294. The monoisotopic (exact) mass is 254 g/mol. The summed E-state index contributed by atoms with van der Waals surface area (Å²) in [5.41, 5.74) is 6.51. The first-order valence-electron chi connectivity index (χ1n) is 6.72. The first kappa shape index (κ1) is 13.6. The second kappa shape index (κ2) is 6.39. The van der Waals surface area contributed by atoms with E-state index in [0.717, 1.165) is 18.8 Å². The van der Waals surface area contributed by atoms with Crippen molar-refractivity contribution in [1.82, 2.24) is 5.32 Å². The second-order valence-corrected chi connectivity index (χ2v) is 4.98. The van der Waals surface area contributed by atoms with Crippen molar-refractivity contribution in [3.05, 3.63) is 64.7 Å². The van der Waals surface area contributed by atoms with Crippen molar-refractivity contribution in [1.29, 1.82) is 0 Å². The molecule has 0 aliphatic carbocycles. The van der Waals surface area contributed by atoms with E-state index in [2.05, 4.69) is 66.9 Å². The first-order chi connectivity index (χ1) is 9.19. The zero-order valence-corrected chi connectivity index (χ0v) is 12.0. The van der Waals surface area contributed by atoms with Crippen molar-refractivity contribution in [2.45, 2.75) is 26.9 Å². The maximum absolute atomic E-state index is 3.50. The summed E-state index contributed by atoms with van der Waals surface area (Å²) in [6, 6.07) is 15.1. The van der Waals surface area contributed by atoms with E-state index in [1.165, 1.54) is 22.3 Å². The fourth-order valence-electron chi connectivity index (χ4n) is 2.22. The number of anilines is 1. The molecule has 0 spiro atoms. The van der Waals surface area contributed by atoms with E-state index in [1.54, 1.807) is 0 Å². The zero-order valence-electron chi connectivity index (χ0n) is 12.0. The topological polar surface area (TPSA) is 24.1 Å². The number of benzene rings is 2. The van der Waals surface area contributed by atoms with Gasteiger partial charge in [-0.15, -0.1) is 0 Å². The molecule has 0 aliphatic heterocycles. The van der Waals surface area contributed by atoms with Crippen molar-refractivity contribution in [3.8, 4) is 0 Å². The fourth-order valence-corrected chi connectivity index (χ4v) is 2.22. The third-order valence-electron chi connectivity index (χ3n) is 3.36. The van der Waals surface area contributed by atoms with Gasteiger partial charge < -0.3 is 10.6 Å². The van der Waals surface area contributed by atoms with Crippen molar-refractivity contribution in [2.75, 3.05) is 12.4 Å². The van der Waals surface area contributed by atoms with Crippen LogP contribution in [0, 0.1) is 13.8 Å². The average Bonchev–Trinajstić information content (AvgIpc) is 2.41. The van der Waals surface area contributed by atoms with Crippen LogP contribution in [0.5, 0.6) is 0 Å². The third-order valence-corrected chi connectivity index (χ3v) is 3.36. The minimum Gasteiger partial charge on any atom is -0.388 e. The summed E-state index contributed by atoms with van der Waals surface area (Å²) in [5.74, 6) is 0. The van der Waals surface area contributed by atoms with Crippen molar-refractivity contribution >= 4 is 5.69 Å². The van der Waals surface area contributed by atoms with Crippen LogP contribution in [-0.2, 0) is 13.1 Å². The Balaban J connectivity index is 1.92. The molecule has 2 N–H and O–H groups in total. The molecule has 2 aromatic carbocycles. The van der Waals surface area contributed by atoms with Crippen molar-refractivity contribution < 1.29 is 0 Å². The molecule has 0 bridgehead atoms. The van der Waals surface area contributed by atoms with Gasteiger partial charge in [0.25, 0.3) is 0 Å². The lowest BCUT2D eigenvalue weighted by Gasteiger charge is -2.09. The van der Waals surface area contributed by atoms with Crippen molar-refractivity contribution in [2.24, 2.45) is 0 Å². The molecule has 0 heterocycles. The maximum atomic E-state index is 3.50. The SMILES string of the molecule is CNc1cccc(CNCc2ccc(C)cc2C)c1. The third kappa shape index (κ3) is 3.83. The molecule has 0 amide bonds. The Morgan fingerprint density at radius 3 is 2.53 bits per heavy atom. The van der Waals surface area contributed by atoms with E-state index in [1.807, 2.05) is 7.05 Å². The number of aryl methyl sites for hydroxylation is 2. The van der Waals surface area contributed by atoms with Crippen LogP contribution in [0.15, 0.2) is 42.5 Å². The van der Waals surface area contributed by atoms with E-state index in [9.17, 15) is 0 Å². The van der Waals surface area contributed by atoms with Crippen LogP contribution >= 0.6 is 0 Å². The second-order valence-electron chi connectivity index (χ2n) is 4.98. The molecule has 0 unspecified atom stereocenters. The normalized spacial score (nSPS) is 10.5. The van der Waals surface area contributed by atoms with Crippen LogP contribution in [0.3, 0.4) is 0 Å². The molecule has 0 saturated carbocycles. The van der Waals surface area contributed by atoms with Gasteiger partial charge in [-0.2, -0.15) is 0 Å². The molecular formula is C17H22N2. The quantitative estimate of drug-likeness (QED) is 0.851. The van der Waals surface area contributed by atoms with Gasteiger partial charge in [0.2, 0.25) is 0 Å². The lowest BCUT2D eigenvalue weighted by atomic mass is 10.1. The Hall–Kier alpha value is -1.80. The van der Waals surface area contributed by atoms with Gasteiger partial charge in [-0.05, 0) is 42.7 Å². The summed E-state index contributed by atoms with van der Waals surface area (Å²) in [6.45, 7) is 6.11. The van der Waals surface area contributed by atoms with Crippen LogP contribution in [-0.4, -0.2) is 7.05 Å². The van der Waals surface area contributed by atoms with E-state index in [-0.39, 0.29) is 0 Å². The van der Waals surface area contributed by atoms with E-state index >= 15 is 0 Å². The molecule has 0 fully saturated rings. The molecular weight excluding hydrogens is 232 g/mol. The van der Waals surface area contributed by atoms with Crippen LogP contribution in [0.2, 0.25) is 0 Å². The highest BCUT2D eigenvalue weighted by Gasteiger charge is 1.99. The zero-order chi connectivity index (χ0) is 13.7. The minimum atomic E-state index is 0.892. The van der Waals surface area contributed by atoms with E-state index in [4.69, 9.17) is 0 Å². The average molecular weight is 254 g/mol. The Morgan fingerprint density at radius 1 is 0.947 bits per heavy atom. The molecule has 0 atom stereocenters. The first-order valence-corrected chi connectivity index (χ1v) is 6.72. The highest BCUT2D eigenvalue weighted by Crippen LogP contribution is 2.12. The van der Waals surface area contributed by atoms with Gasteiger partial charge in [-0.3, -0.25) is 0 Å². The van der Waals surface area contributed by atoms with Gasteiger partial charge in [0.1, 0.15) is 0 Å². The predicted molar refractivity (Wildman–Crippen MR) is 82.4 cm³/mol. The summed E-state index contributed by atoms with van der Waals surface area (Å²) in [7, 11) is 1.95. The number of hydrogen-bond donors (Lipinski definition) is 2. The summed E-state index contributed by atoms with van der Waals surface area (Å²) >= 11 is 0. The van der Waals surface area contributed by atoms with Crippen LogP contribution in [0.4, 0.5) is 5.69 Å². The minimum absolute atomic E-state index is 0.892. The van der Waals surface area contributed by atoms with E-state index in [0.29, 0.717) is 0 Å². The molecule has 0 radical (unpaired) electrons. The molecule has 2 rings (SSSR count).